The van der Waals surface area contributed by atoms with E-state index in [4.69, 9.17) is 0 Å². The van der Waals surface area contributed by atoms with Gasteiger partial charge in [0.2, 0.25) is 0 Å². The van der Waals surface area contributed by atoms with E-state index >= 15 is 0 Å². The molecule has 5 nitrogen and oxygen atoms in total. The van der Waals surface area contributed by atoms with Crippen LogP contribution in [0.25, 0.3) is 0 Å². The number of hydrogen-bond donors (Lipinski definition) is 1. The Labute approximate surface area is 102 Å². The molecular formula is C12H21N3O2. The van der Waals surface area contributed by atoms with Crippen molar-refractivity contribution in [1.82, 2.24) is 14.9 Å². The lowest BCUT2D eigenvalue weighted by atomic mass is 10.2. The number of hydrogen-bond acceptors (Lipinski definition) is 4. The van der Waals surface area contributed by atoms with Crippen molar-refractivity contribution >= 4 is 5.97 Å². The van der Waals surface area contributed by atoms with Crippen LogP contribution in [-0.2, 0) is 16.1 Å². The summed E-state index contributed by atoms with van der Waals surface area (Å²) in [6.45, 7) is 7.78. The van der Waals surface area contributed by atoms with Gasteiger partial charge in [0, 0.05) is 12.7 Å². The normalized spacial score (nSPS) is 12.8. The molecule has 1 atom stereocenters. The molecule has 0 aromatic carbocycles. The van der Waals surface area contributed by atoms with Gasteiger partial charge >= 0.3 is 5.97 Å². The van der Waals surface area contributed by atoms with Crippen LogP contribution in [-0.4, -0.2) is 29.2 Å². The minimum atomic E-state index is -0.327. The summed E-state index contributed by atoms with van der Waals surface area (Å²) >= 11 is 0. The average Bonchev–Trinajstić information content (AvgIpc) is 2.75. The van der Waals surface area contributed by atoms with Crippen LogP contribution in [0.5, 0.6) is 0 Å². The van der Waals surface area contributed by atoms with E-state index < -0.39 is 0 Å². The molecule has 17 heavy (non-hydrogen) atoms. The molecule has 0 spiro atoms. The molecule has 0 aliphatic carbocycles. The number of ether oxygens (including phenoxy) is 1. The van der Waals surface area contributed by atoms with Crippen molar-refractivity contribution in [3.63, 3.8) is 0 Å². The molecule has 0 saturated carbocycles. The largest absolute Gasteiger partial charge is 0.467 e. The highest BCUT2D eigenvalue weighted by Crippen LogP contribution is 2.08. The molecule has 0 aliphatic heterocycles. The molecule has 1 rings (SSSR count). The highest BCUT2D eigenvalue weighted by Gasteiger charge is 2.15. The second-order valence-electron chi connectivity index (χ2n) is 4.54. The molecule has 96 valence electrons. The molecule has 1 N–H and O–H groups in total. The summed E-state index contributed by atoms with van der Waals surface area (Å²) in [5.74, 6) is 0.357. The first-order chi connectivity index (χ1) is 8.04. The predicted octanol–water partition coefficient (Wildman–Crippen LogP) is 1.36. The summed E-state index contributed by atoms with van der Waals surface area (Å²) in [6.07, 6.45) is 3.53. The molecule has 0 bridgehead atoms. The van der Waals surface area contributed by atoms with Gasteiger partial charge in [-0.15, -0.1) is 0 Å². The van der Waals surface area contributed by atoms with E-state index in [1.165, 1.54) is 7.11 Å². The third kappa shape index (κ3) is 4.19. The number of esters is 1. The number of carbonyl (C=O) groups excluding carboxylic acids is 1. The first-order valence-electron chi connectivity index (χ1n) is 5.85. The van der Waals surface area contributed by atoms with Crippen LogP contribution in [0.3, 0.4) is 0 Å². The summed E-state index contributed by atoms with van der Waals surface area (Å²) in [7, 11) is 1.39. The summed E-state index contributed by atoms with van der Waals surface area (Å²) in [6, 6.07) is -0.327. The standard InChI is InChI=1S/C12H21N3O2/c1-9(2)5-13-6-11-7-15(8-14-11)10(3)12(16)17-4/h7-10,13H,5-6H2,1-4H3. The maximum Gasteiger partial charge on any atom is 0.328 e. The molecule has 0 fully saturated rings. The molecular weight excluding hydrogens is 218 g/mol. The Morgan fingerprint density at radius 1 is 1.53 bits per heavy atom. The number of imidazole rings is 1. The van der Waals surface area contributed by atoms with Crippen LogP contribution in [0.1, 0.15) is 32.5 Å². The molecule has 1 aromatic rings. The molecule has 0 aliphatic rings. The lowest BCUT2D eigenvalue weighted by Crippen LogP contribution is -2.19. The monoisotopic (exact) mass is 239 g/mol. The van der Waals surface area contributed by atoms with Crippen LogP contribution in [0.2, 0.25) is 0 Å². The quantitative estimate of drug-likeness (QED) is 0.762. The lowest BCUT2D eigenvalue weighted by Gasteiger charge is -2.09. The number of aromatic nitrogens is 2. The van der Waals surface area contributed by atoms with Gasteiger partial charge in [-0.05, 0) is 19.4 Å². The Hall–Kier alpha value is -1.36. The van der Waals surface area contributed by atoms with E-state index in [0.29, 0.717) is 5.92 Å². The molecule has 0 radical (unpaired) electrons. The number of nitrogens with zero attached hydrogens (tertiary/aromatic N) is 2. The van der Waals surface area contributed by atoms with Gasteiger partial charge < -0.3 is 14.6 Å². The van der Waals surface area contributed by atoms with Crippen molar-refractivity contribution in [2.45, 2.75) is 33.4 Å². The fourth-order valence-electron chi connectivity index (χ4n) is 1.46. The fourth-order valence-corrected chi connectivity index (χ4v) is 1.46. The van der Waals surface area contributed by atoms with Crippen molar-refractivity contribution in [2.24, 2.45) is 5.92 Å². The maximum atomic E-state index is 11.3. The van der Waals surface area contributed by atoms with Gasteiger partial charge in [-0.25, -0.2) is 9.78 Å². The van der Waals surface area contributed by atoms with Crippen molar-refractivity contribution in [2.75, 3.05) is 13.7 Å². The first kappa shape index (κ1) is 13.7. The summed E-state index contributed by atoms with van der Waals surface area (Å²) in [4.78, 5) is 15.6. The smallest absolute Gasteiger partial charge is 0.328 e. The lowest BCUT2D eigenvalue weighted by molar-refractivity contribution is -0.144. The number of methoxy groups -OCH3 is 1. The topological polar surface area (TPSA) is 56.2 Å². The van der Waals surface area contributed by atoms with Crippen molar-refractivity contribution in [3.8, 4) is 0 Å². The van der Waals surface area contributed by atoms with Gasteiger partial charge in [-0.3, -0.25) is 0 Å². The summed E-state index contributed by atoms with van der Waals surface area (Å²) < 4.78 is 6.45. The van der Waals surface area contributed by atoms with Gasteiger partial charge in [0.15, 0.2) is 0 Å². The Morgan fingerprint density at radius 2 is 2.24 bits per heavy atom. The molecule has 5 heteroatoms. The number of rotatable bonds is 6. The summed E-state index contributed by atoms with van der Waals surface area (Å²) in [5.41, 5.74) is 0.932. The zero-order chi connectivity index (χ0) is 12.8. The molecule has 1 aromatic heterocycles. The van der Waals surface area contributed by atoms with E-state index in [0.717, 1.165) is 18.8 Å². The van der Waals surface area contributed by atoms with Crippen molar-refractivity contribution < 1.29 is 9.53 Å². The first-order valence-corrected chi connectivity index (χ1v) is 5.85. The minimum Gasteiger partial charge on any atom is -0.467 e. The SMILES string of the molecule is COC(=O)C(C)n1cnc(CNCC(C)C)c1. The Morgan fingerprint density at radius 3 is 2.82 bits per heavy atom. The van der Waals surface area contributed by atoms with E-state index in [1.54, 1.807) is 17.8 Å². The fraction of sp³-hybridized carbons (Fsp3) is 0.667. The van der Waals surface area contributed by atoms with Crippen molar-refractivity contribution in [1.29, 1.82) is 0 Å². The molecule has 0 amide bonds. The Balaban J connectivity index is 2.50. The summed E-state index contributed by atoms with van der Waals surface area (Å²) in [5, 5.41) is 3.30. The Bertz CT molecular complexity index is 360. The van der Waals surface area contributed by atoms with Crippen LogP contribution in [0.15, 0.2) is 12.5 Å². The number of carbonyl (C=O) groups is 1. The zero-order valence-electron chi connectivity index (χ0n) is 10.9. The van der Waals surface area contributed by atoms with Crippen molar-refractivity contribution in [3.05, 3.63) is 18.2 Å². The van der Waals surface area contributed by atoms with Crippen LogP contribution in [0.4, 0.5) is 0 Å². The van der Waals surface area contributed by atoms with Crippen LogP contribution in [0, 0.1) is 5.92 Å². The van der Waals surface area contributed by atoms with Gasteiger partial charge in [0.1, 0.15) is 6.04 Å². The van der Waals surface area contributed by atoms with Crippen LogP contribution >= 0.6 is 0 Å². The maximum absolute atomic E-state index is 11.3. The molecule has 0 saturated heterocycles. The van der Waals surface area contributed by atoms with E-state index in [-0.39, 0.29) is 12.0 Å². The highest BCUT2D eigenvalue weighted by molar-refractivity contribution is 5.73. The molecule has 1 unspecified atom stereocenters. The third-order valence-electron chi connectivity index (χ3n) is 2.50. The average molecular weight is 239 g/mol. The van der Waals surface area contributed by atoms with E-state index in [2.05, 4.69) is 28.9 Å². The predicted molar refractivity (Wildman–Crippen MR) is 65.5 cm³/mol. The zero-order valence-corrected chi connectivity index (χ0v) is 10.9. The third-order valence-corrected chi connectivity index (χ3v) is 2.50. The van der Waals surface area contributed by atoms with E-state index in [1.807, 2.05) is 6.20 Å². The minimum absolute atomic E-state index is 0.260. The van der Waals surface area contributed by atoms with Gasteiger partial charge in [-0.2, -0.15) is 0 Å². The highest BCUT2D eigenvalue weighted by atomic mass is 16.5. The second-order valence-corrected chi connectivity index (χ2v) is 4.54. The van der Waals surface area contributed by atoms with Crippen LogP contribution < -0.4 is 5.32 Å². The second kappa shape index (κ2) is 6.39. The number of nitrogens with one attached hydrogen (secondary N) is 1. The van der Waals surface area contributed by atoms with Gasteiger partial charge in [-0.1, -0.05) is 13.8 Å². The van der Waals surface area contributed by atoms with E-state index in [9.17, 15) is 4.79 Å². The van der Waals surface area contributed by atoms with Gasteiger partial charge in [0.25, 0.3) is 0 Å². The Kier molecular flexibility index (Phi) is 5.15. The molecule has 1 heterocycles. The van der Waals surface area contributed by atoms with Gasteiger partial charge in [0.05, 0.1) is 19.1 Å².